The molecule has 1 aliphatic carbocycles. The van der Waals surface area contributed by atoms with E-state index in [4.69, 9.17) is 9.63 Å². The van der Waals surface area contributed by atoms with Crippen LogP contribution in [-0.4, -0.2) is 32.7 Å². The summed E-state index contributed by atoms with van der Waals surface area (Å²) in [5.41, 5.74) is 0.589. The standard InChI is InChI=1S/C18H22N4O5/c23-17(24)9-10-19-14-7-6-13(11-15(14)22(25)26)18-20-16(27-21-18)8-5-12-3-1-2-4-12/h6-7,11-12,19H,1-5,8-10H2,(H,23,24). The molecule has 0 atom stereocenters. The number of hydrogen-bond donors (Lipinski definition) is 2. The van der Waals surface area contributed by atoms with Crippen LogP contribution in [0.3, 0.4) is 0 Å². The normalized spacial score (nSPS) is 14.4. The van der Waals surface area contributed by atoms with Crippen molar-refractivity contribution < 1.29 is 19.3 Å². The monoisotopic (exact) mass is 374 g/mol. The Morgan fingerprint density at radius 2 is 2.15 bits per heavy atom. The highest BCUT2D eigenvalue weighted by molar-refractivity contribution is 5.71. The minimum atomic E-state index is -0.973. The molecule has 27 heavy (non-hydrogen) atoms. The van der Waals surface area contributed by atoms with Crippen LogP contribution < -0.4 is 5.32 Å². The minimum Gasteiger partial charge on any atom is -0.481 e. The number of aromatic nitrogens is 2. The van der Waals surface area contributed by atoms with Crippen molar-refractivity contribution in [2.45, 2.75) is 44.9 Å². The third-order valence-electron chi connectivity index (χ3n) is 4.82. The van der Waals surface area contributed by atoms with E-state index in [1.54, 1.807) is 6.07 Å². The summed E-state index contributed by atoms with van der Waals surface area (Å²) in [6.45, 7) is 0.100. The molecule has 0 saturated heterocycles. The molecule has 0 spiro atoms. The zero-order chi connectivity index (χ0) is 19.2. The molecule has 0 aliphatic heterocycles. The first-order valence-electron chi connectivity index (χ1n) is 9.10. The molecule has 2 aromatic rings. The van der Waals surface area contributed by atoms with Gasteiger partial charge in [-0.1, -0.05) is 30.8 Å². The predicted molar refractivity (Wildman–Crippen MR) is 97.4 cm³/mol. The van der Waals surface area contributed by atoms with Crippen LogP contribution in [0.5, 0.6) is 0 Å². The fraction of sp³-hybridized carbons (Fsp3) is 0.500. The number of aliphatic carboxylic acids is 1. The molecule has 3 rings (SSSR count). The molecule has 0 radical (unpaired) electrons. The van der Waals surface area contributed by atoms with Crippen molar-refractivity contribution in [1.29, 1.82) is 0 Å². The van der Waals surface area contributed by atoms with Crippen LogP contribution in [0.15, 0.2) is 22.7 Å². The molecule has 9 nitrogen and oxygen atoms in total. The summed E-state index contributed by atoms with van der Waals surface area (Å²) in [6, 6.07) is 4.56. The Hall–Kier alpha value is -2.97. The van der Waals surface area contributed by atoms with Gasteiger partial charge >= 0.3 is 5.97 Å². The second-order valence-electron chi connectivity index (χ2n) is 6.76. The number of anilines is 1. The first kappa shape index (κ1) is 18.8. The number of nitro benzene ring substituents is 1. The number of carbonyl (C=O) groups is 1. The Labute approximate surface area is 155 Å². The second-order valence-corrected chi connectivity index (χ2v) is 6.76. The number of benzene rings is 1. The van der Waals surface area contributed by atoms with Gasteiger partial charge in [-0.25, -0.2) is 0 Å². The lowest BCUT2D eigenvalue weighted by molar-refractivity contribution is -0.383. The van der Waals surface area contributed by atoms with E-state index in [2.05, 4.69) is 15.5 Å². The van der Waals surface area contributed by atoms with E-state index < -0.39 is 10.9 Å². The molecule has 1 aromatic carbocycles. The lowest BCUT2D eigenvalue weighted by Gasteiger charge is -2.06. The summed E-state index contributed by atoms with van der Waals surface area (Å²) in [7, 11) is 0. The molecule has 144 valence electrons. The lowest BCUT2D eigenvalue weighted by Crippen LogP contribution is -2.09. The number of aryl methyl sites for hydroxylation is 1. The molecule has 1 fully saturated rings. The third-order valence-corrected chi connectivity index (χ3v) is 4.82. The largest absolute Gasteiger partial charge is 0.481 e. The zero-order valence-electron chi connectivity index (χ0n) is 14.9. The van der Waals surface area contributed by atoms with Gasteiger partial charge in [0.25, 0.3) is 5.69 Å². The minimum absolute atomic E-state index is 0.100. The fourth-order valence-corrected chi connectivity index (χ4v) is 3.38. The maximum Gasteiger partial charge on any atom is 0.305 e. The van der Waals surface area contributed by atoms with Crippen LogP contribution in [0.2, 0.25) is 0 Å². The fourth-order valence-electron chi connectivity index (χ4n) is 3.38. The van der Waals surface area contributed by atoms with Gasteiger partial charge < -0.3 is 14.9 Å². The summed E-state index contributed by atoms with van der Waals surface area (Å²) in [6.07, 6.45) is 6.69. The highest BCUT2D eigenvalue weighted by Crippen LogP contribution is 2.31. The van der Waals surface area contributed by atoms with Crippen LogP contribution in [0.4, 0.5) is 11.4 Å². The first-order chi connectivity index (χ1) is 13.0. The molecule has 0 bridgehead atoms. The Kier molecular flexibility index (Phi) is 6.00. The van der Waals surface area contributed by atoms with Crippen molar-refractivity contribution in [3.8, 4) is 11.4 Å². The number of hydrogen-bond acceptors (Lipinski definition) is 7. The number of nitrogens with one attached hydrogen (secondary N) is 1. The van der Waals surface area contributed by atoms with E-state index >= 15 is 0 Å². The van der Waals surface area contributed by atoms with E-state index in [9.17, 15) is 14.9 Å². The van der Waals surface area contributed by atoms with Crippen LogP contribution in [0.25, 0.3) is 11.4 Å². The molecular weight excluding hydrogens is 352 g/mol. The highest BCUT2D eigenvalue weighted by Gasteiger charge is 2.19. The Balaban J connectivity index is 1.69. The van der Waals surface area contributed by atoms with Gasteiger partial charge in [-0.3, -0.25) is 14.9 Å². The van der Waals surface area contributed by atoms with Crippen molar-refractivity contribution >= 4 is 17.3 Å². The van der Waals surface area contributed by atoms with Gasteiger partial charge in [0.2, 0.25) is 11.7 Å². The average Bonchev–Trinajstić information content (AvgIpc) is 3.31. The molecule has 2 N–H and O–H groups in total. The van der Waals surface area contributed by atoms with E-state index in [0.717, 1.165) is 12.3 Å². The van der Waals surface area contributed by atoms with Crippen molar-refractivity contribution in [3.05, 3.63) is 34.2 Å². The summed E-state index contributed by atoms with van der Waals surface area (Å²) >= 11 is 0. The van der Waals surface area contributed by atoms with Crippen molar-refractivity contribution in [3.63, 3.8) is 0 Å². The van der Waals surface area contributed by atoms with E-state index in [1.165, 1.54) is 37.8 Å². The van der Waals surface area contributed by atoms with Gasteiger partial charge in [0.15, 0.2) is 0 Å². The number of carboxylic acid groups (broad SMARTS) is 1. The van der Waals surface area contributed by atoms with Crippen molar-refractivity contribution in [1.82, 2.24) is 10.1 Å². The van der Waals surface area contributed by atoms with Gasteiger partial charge in [0.05, 0.1) is 11.3 Å². The maximum atomic E-state index is 11.3. The quantitative estimate of drug-likeness (QED) is 0.502. The topological polar surface area (TPSA) is 131 Å². The van der Waals surface area contributed by atoms with Crippen molar-refractivity contribution in [2.75, 3.05) is 11.9 Å². The lowest BCUT2D eigenvalue weighted by atomic mass is 10.0. The predicted octanol–water partition coefficient (Wildman–Crippen LogP) is 3.65. The molecule has 1 aliphatic rings. The zero-order valence-corrected chi connectivity index (χ0v) is 14.9. The molecular formula is C18H22N4O5. The average molecular weight is 374 g/mol. The smallest absolute Gasteiger partial charge is 0.305 e. The summed E-state index contributed by atoms with van der Waals surface area (Å²) in [4.78, 5) is 25.8. The van der Waals surface area contributed by atoms with Crippen LogP contribution in [0.1, 0.15) is 44.4 Å². The number of rotatable bonds is 9. The Bertz CT molecular complexity index is 814. The van der Waals surface area contributed by atoms with Gasteiger partial charge in [-0.05, 0) is 24.5 Å². The molecule has 1 aromatic heterocycles. The molecule has 1 heterocycles. The summed E-state index contributed by atoms with van der Waals surface area (Å²) in [5, 5.41) is 26.7. The summed E-state index contributed by atoms with van der Waals surface area (Å²) < 4.78 is 5.29. The molecule has 0 amide bonds. The number of nitro groups is 1. The van der Waals surface area contributed by atoms with Gasteiger partial charge in [-0.15, -0.1) is 0 Å². The maximum absolute atomic E-state index is 11.3. The van der Waals surface area contributed by atoms with E-state index in [1.807, 2.05) is 0 Å². The van der Waals surface area contributed by atoms with Crippen LogP contribution >= 0.6 is 0 Å². The second kappa shape index (κ2) is 8.61. The van der Waals surface area contributed by atoms with Crippen molar-refractivity contribution in [2.24, 2.45) is 5.92 Å². The van der Waals surface area contributed by atoms with Gasteiger partial charge in [0.1, 0.15) is 5.69 Å². The van der Waals surface area contributed by atoms with Crippen LogP contribution in [0, 0.1) is 16.0 Å². The van der Waals surface area contributed by atoms with E-state index in [0.29, 0.717) is 23.7 Å². The Morgan fingerprint density at radius 3 is 2.85 bits per heavy atom. The molecule has 0 unspecified atom stereocenters. The van der Waals surface area contributed by atoms with Gasteiger partial charge in [0, 0.05) is 24.6 Å². The van der Waals surface area contributed by atoms with Crippen LogP contribution in [-0.2, 0) is 11.2 Å². The first-order valence-corrected chi connectivity index (χ1v) is 9.10. The third kappa shape index (κ3) is 5.02. The number of carboxylic acids is 1. The molecule has 9 heteroatoms. The Morgan fingerprint density at radius 1 is 1.37 bits per heavy atom. The van der Waals surface area contributed by atoms with E-state index in [-0.39, 0.29) is 24.3 Å². The SMILES string of the molecule is O=C(O)CCNc1ccc(-c2noc(CCC3CCCC3)n2)cc1[N+](=O)[O-]. The van der Waals surface area contributed by atoms with Gasteiger partial charge in [-0.2, -0.15) is 4.98 Å². The molecule has 1 saturated carbocycles. The highest BCUT2D eigenvalue weighted by atomic mass is 16.6. The summed E-state index contributed by atoms with van der Waals surface area (Å²) in [5.74, 6) is 0.608. The number of nitrogens with zero attached hydrogens (tertiary/aromatic N) is 3.